The maximum absolute atomic E-state index is 5.59. The molecule has 0 bridgehead atoms. The van der Waals surface area contributed by atoms with E-state index in [1.165, 1.54) is 10.2 Å². The summed E-state index contributed by atoms with van der Waals surface area (Å²) in [6.07, 6.45) is 2.89. The van der Waals surface area contributed by atoms with Crippen LogP contribution < -0.4 is 5.32 Å². The fourth-order valence-corrected chi connectivity index (χ4v) is 3.35. The van der Waals surface area contributed by atoms with Crippen LogP contribution in [0.2, 0.25) is 0 Å². The topological polar surface area (TPSA) is 39.1 Å². The molecule has 0 aromatic carbocycles. The molecule has 1 rings (SSSR count). The van der Waals surface area contributed by atoms with Crippen LogP contribution in [0.1, 0.15) is 52.4 Å². The molecular formula is C16H30BrN3O. The van der Waals surface area contributed by atoms with Gasteiger partial charge in [0.05, 0.1) is 21.5 Å². The zero-order valence-corrected chi connectivity index (χ0v) is 15.9. The van der Waals surface area contributed by atoms with Gasteiger partial charge in [0.1, 0.15) is 0 Å². The predicted molar refractivity (Wildman–Crippen MR) is 91.9 cm³/mol. The first-order chi connectivity index (χ1) is 9.88. The molecule has 0 fully saturated rings. The average molecular weight is 360 g/mol. The Morgan fingerprint density at radius 3 is 2.48 bits per heavy atom. The number of nitrogens with zero attached hydrogens (tertiary/aromatic N) is 2. The smallest absolute Gasteiger partial charge is 0.0766 e. The molecule has 1 aromatic heterocycles. The SMILES string of the molecule is CCNC(Cc1c(Br)c(CC)nn1CC)CC(C)(C)OC. The summed E-state index contributed by atoms with van der Waals surface area (Å²) in [5.41, 5.74) is 2.31. The molecule has 0 aliphatic rings. The Bertz CT molecular complexity index is 443. The van der Waals surface area contributed by atoms with Gasteiger partial charge in [-0.3, -0.25) is 4.68 Å². The third-order valence-electron chi connectivity index (χ3n) is 3.92. The van der Waals surface area contributed by atoms with E-state index in [-0.39, 0.29) is 5.60 Å². The largest absolute Gasteiger partial charge is 0.379 e. The monoisotopic (exact) mass is 359 g/mol. The molecule has 0 aliphatic heterocycles. The van der Waals surface area contributed by atoms with Crippen molar-refractivity contribution in [1.29, 1.82) is 0 Å². The van der Waals surface area contributed by atoms with E-state index in [1.54, 1.807) is 7.11 Å². The van der Waals surface area contributed by atoms with Crippen LogP contribution in [-0.4, -0.2) is 35.1 Å². The first-order valence-electron chi connectivity index (χ1n) is 7.91. The van der Waals surface area contributed by atoms with E-state index < -0.39 is 0 Å². The number of ether oxygens (including phenoxy) is 1. The van der Waals surface area contributed by atoms with Gasteiger partial charge in [-0.25, -0.2) is 0 Å². The van der Waals surface area contributed by atoms with Crippen molar-refractivity contribution in [1.82, 2.24) is 15.1 Å². The van der Waals surface area contributed by atoms with E-state index in [1.807, 2.05) is 0 Å². The number of likely N-dealkylation sites (N-methyl/N-ethyl adjacent to an activating group) is 1. The first kappa shape index (κ1) is 18.7. The summed E-state index contributed by atoms with van der Waals surface area (Å²) in [5.74, 6) is 0. The number of hydrogen-bond acceptors (Lipinski definition) is 3. The normalized spacial score (nSPS) is 13.7. The van der Waals surface area contributed by atoms with Crippen molar-refractivity contribution in [3.05, 3.63) is 15.9 Å². The maximum Gasteiger partial charge on any atom is 0.0766 e. The standard InChI is InChI=1S/C16H30BrN3O/c1-7-13-15(17)14(20(9-3)19-13)10-12(18-8-2)11-16(4,5)21-6/h12,18H,7-11H2,1-6H3. The summed E-state index contributed by atoms with van der Waals surface area (Å²) in [5, 5.41) is 8.27. The van der Waals surface area contributed by atoms with Crippen LogP contribution >= 0.6 is 15.9 Å². The summed E-state index contributed by atoms with van der Waals surface area (Å²) in [7, 11) is 1.78. The molecule has 1 N–H and O–H groups in total. The minimum atomic E-state index is -0.121. The lowest BCUT2D eigenvalue weighted by Gasteiger charge is -2.29. The number of halogens is 1. The number of hydrogen-bond donors (Lipinski definition) is 1. The summed E-state index contributed by atoms with van der Waals surface area (Å²) < 4.78 is 8.88. The zero-order chi connectivity index (χ0) is 16.0. The van der Waals surface area contributed by atoms with Crippen molar-refractivity contribution in [2.24, 2.45) is 0 Å². The molecule has 1 atom stereocenters. The predicted octanol–water partition coefficient (Wildman–Crippen LogP) is 3.56. The van der Waals surface area contributed by atoms with Gasteiger partial charge in [-0.1, -0.05) is 13.8 Å². The maximum atomic E-state index is 5.59. The van der Waals surface area contributed by atoms with Crippen LogP contribution in [0.15, 0.2) is 4.47 Å². The van der Waals surface area contributed by atoms with E-state index >= 15 is 0 Å². The number of rotatable bonds is 9. The van der Waals surface area contributed by atoms with E-state index in [0.29, 0.717) is 6.04 Å². The summed E-state index contributed by atoms with van der Waals surface area (Å²) in [4.78, 5) is 0. The Balaban J connectivity index is 2.95. The van der Waals surface area contributed by atoms with Gasteiger partial charge in [-0.05, 0) is 56.1 Å². The van der Waals surface area contributed by atoms with Crippen molar-refractivity contribution in [3.8, 4) is 0 Å². The lowest BCUT2D eigenvalue weighted by atomic mass is 9.95. The fraction of sp³-hybridized carbons (Fsp3) is 0.812. The number of aromatic nitrogens is 2. The van der Waals surface area contributed by atoms with Gasteiger partial charge in [0.2, 0.25) is 0 Å². The van der Waals surface area contributed by atoms with E-state index in [0.717, 1.165) is 38.0 Å². The van der Waals surface area contributed by atoms with Crippen LogP contribution in [0.5, 0.6) is 0 Å². The third-order valence-corrected chi connectivity index (χ3v) is 4.83. The van der Waals surface area contributed by atoms with Gasteiger partial charge in [-0.15, -0.1) is 0 Å². The molecule has 0 aliphatic carbocycles. The zero-order valence-electron chi connectivity index (χ0n) is 14.3. The van der Waals surface area contributed by atoms with Gasteiger partial charge in [0.15, 0.2) is 0 Å². The second kappa shape index (κ2) is 8.30. The molecule has 0 amide bonds. The number of methoxy groups -OCH3 is 1. The van der Waals surface area contributed by atoms with Crippen molar-refractivity contribution in [2.75, 3.05) is 13.7 Å². The lowest BCUT2D eigenvalue weighted by molar-refractivity contribution is 0.00710. The molecule has 1 aromatic rings. The quantitative estimate of drug-likeness (QED) is 0.732. The molecule has 0 saturated carbocycles. The van der Waals surface area contributed by atoms with Gasteiger partial charge in [0.25, 0.3) is 0 Å². The Morgan fingerprint density at radius 1 is 1.33 bits per heavy atom. The van der Waals surface area contributed by atoms with Crippen LogP contribution in [-0.2, 0) is 24.1 Å². The molecule has 21 heavy (non-hydrogen) atoms. The lowest BCUT2D eigenvalue weighted by Crippen LogP contribution is -2.39. The average Bonchev–Trinajstić information content (AvgIpc) is 2.75. The highest BCUT2D eigenvalue weighted by molar-refractivity contribution is 9.10. The minimum Gasteiger partial charge on any atom is -0.379 e. The molecular weight excluding hydrogens is 330 g/mol. The van der Waals surface area contributed by atoms with Crippen LogP contribution in [0.25, 0.3) is 0 Å². The Hall–Kier alpha value is -0.390. The summed E-state index contributed by atoms with van der Waals surface area (Å²) >= 11 is 3.74. The van der Waals surface area contributed by atoms with Gasteiger partial charge >= 0.3 is 0 Å². The Labute approximate surface area is 137 Å². The summed E-state index contributed by atoms with van der Waals surface area (Å²) in [6, 6.07) is 0.382. The Morgan fingerprint density at radius 2 is 2.00 bits per heavy atom. The minimum absolute atomic E-state index is 0.121. The van der Waals surface area contributed by atoms with Crippen molar-refractivity contribution in [2.45, 2.75) is 72.1 Å². The number of aryl methyl sites for hydroxylation is 2. The second-order valence-electron chi connectivity index (χ2n) is 6.00. The highest BCUT2D eigenvalue weighted by atomic mass is 79.9. The van der Waals surface area contributed by atoms with Gasteiger partial charge < -0.3 is 10.1 Å². The first-order valence-corrected chi connectivity index (χ1v) is 8.70. The van der Waals surface area contributed by atoms with Gasteiger partial charge in [0, 0.05) is 26.1 Å². The van der Waals surface area contributed by atoms with Crippen LogP contribution in [0, 0.1) is 0 Å². The highest BCUT2D eigenvalue weighted by Crippen LogP contribution is 2.26. The molecule has 4 nitrogen and oxygen atoms in total. The molecule has 0 spiro atoms. The van der Waals surface area contributed by atoms with Gasteiger partial charge in [-0.2, -0.15) is 5.10 Å². The Kier molecular flexibility index (Phi) is 7.37. The highest BCUT2D eigenvalue weighted by Gasteiger charge is 2.25. The van der Waals surface area contributed by atoms with Crippen LogP contribution in [0.3, 0.4) is 0 Å². The van der Waals surface area contributed by atoms with Crippen molar-refractivity contribution in [3.63, 3.8) is 0 Å². The van der Waals surface area contributed by atoms with E-state index in [4.69, 9.17) is 4.74 Å². The molecule has 1 heterocycles. The molecule has 5 heteroatoms. The second-order valence-corrected chi connectivity index (χ2v) is 6.80. The third kappa shape index (κ3) is 5.08. The molecule has 122 valence electrons. The summed E-state index contributed by atoms with van der Waals surface area (Å²) in [6.45, 7) is 12.6. The number of nitrogens with one attached hydrogen (secondary N) is 1. The van der Waals surface area contributed by atoms with Crippen molar-refractivity contribution < 1.29 is 4.74 Å². The van der Waals surface area contributed by atoms with Crippen molar-refractivity contribution >= 4 is 15.9 Å². The fourth-order valence-electron chi connectivity index (χ4n) is 2.63. The molecule has 1 unspecified atom stereocenters. The van der Waals surface area contributed by atoms with E-state index in [9.17, 15) is 0 Å². The molecule has 0 saturated heterocycles. The van der Waals surface area contributed by atoms with E-state index in [2.05, 4.69) is 65.6 Å². The van der Waals surface area contributed by atoms with Crippen LogP contribution in [0.4, 0.5) is 0 Å². The molecule has 0 radical (unpaired) electrons.